The van der Waals surface area contributed by atoms with E-state index in [0.717, 1.165) is 21.6 Å². The van der Waals surface area contributed by atoms with Crippen LogP contribution in [0.3, 0.4) is 0 Å². The maximum atomic E-state index is 13.4. The Morgan fingerprint density at radius 1 is 0.615 bits per heavy atom. The fraction of sp³-hybridized carbons (Fsp3) is 0.207. The van der Waals surface area contributed by atoms with Crippen LogP contribution in [-0.2, 0) is 19.1 Å². The van der Waals surface area contributed by atoms with Crippen LogP contribution in [-0.4, -0.2) is 23.9 Å². The molecular weight excluding hydrogens is 1220 g/mol. The van der Waals surface area contributed by atoms with Crippen LogP contribution in [0.25, 0.3) is 0 Å². The Balaban J connectivity index is 0.000000217. The maximum Gasteiger partial charge on any atom is 0.326 e. The van der Waals surface area contributed by atoms with Crippen LogP contribution in [0.15, 0.2) is 172 Å². The highest BCUT2D eigenvalue weighted by atomic mass is 79.9. The minimum atomic E-state index is -1.17. The van der Waals surface area contributed by atoms with Gasteiger partial charge < -0.3 is 24.3 Å². The average molecular weight is 1270 g/mol. The predicted octanol–water partition coefficient (Wildman–Crippen LogP) is 16.4. The quantitative estimate of drug-likeness (QED) is 0.0998. The Labute approximate surface area is 489 Å². The molecule has 2 fully saturated rings. The molecule has 0 aromatic heterocycles. The zero-order valence-electron chi connectivity index (χ0n) is 41.9. The van der Waals surface area contributed by atoms with E-state index >= 15 is 0 Å². The summed E-state index contributed by atoms with van der Waals surface area (Å²) in [4.78, 5) is 48.5. The normalized spacial score (nSPS) is 17.3. The fourth-order valence-electron chi connectivity index (χ4n) is 8.17. The van der Waals surface area contributed by atoms with Crippen LogP contribution in [0.2, 0.25) is 5.02 Å². The molecule has 0 aliphatic heterocycles. The Morgan fingerprint density at radius 2 is 1.03 bits per heavy atom. The van der Waals surface area contributed by atoms with Gasteiger partial charge in [0.2, 0.25) is 12.2 Å². The number of benzene rings is 6. The molecule has 3 amide bonds. The largest absolute Gasteiger partial charge is 0.457 e. The SMILES string of the molecule is CC1(C)C(C=C(Cl)Cl)C1C(=O)OC(C#N)c1cccc(Oc2ccccc2)c1.CC1(C)[C@H](C(=O)O[C@H](C#N)c2cccc(Oc3ccccc3)c2)[C@@H]1C=C(Br)Br.O=C(NC(=O)c1c(F)cccc1F)Nc1ccc(Cl)cc1.S. The van der Waals surface area contributed by atoms with Gasteiger partial charge in [-0.05, 0) is 146 Å². The molecule has 0 spiro atoms. The zero-order valence-corrected chi connectivity index (χ0v) is 48.3. The summed E-state index contributed by atoms with van der Waals surface area (Å²) in [5.74, 6) is -2.30. The van der Waals surface area contributed by atoms with Crippen LogP contribution < -0.4 is 20.1 Å². The van der Waals surface area contributed by atoms with Gasteiger partial charge in [-0.3, -0.25) is 19.7 Å². The number of hydrogen-bond acceptors (Lipinski definition) is 10. The lowest BCUT2D eigenvalue weighted by Gasteiger charge is -2.13. The number of para-hydroxylation sites is 2. The first kappa shape index (κ1) is 62.1. The van der Waals surface area contributed by atoms with Gasteiger partial charge in [-0.15, -0.1) is 0 Å². The average Bonchev–Trinajstić information content (AvgIpc) is 4.35. The van der Waals surface area contributed by atoms with Gasteiger partial charge in [-0.1, -0.05) is 135 Å². The van der Waals surface area contributed by atoms with Gasteiger partial charge in [-0.25, -0.2) is 13.6 Å². The molecule has 3 unspecified atom stereocenters. The van der Waals surface area contributed by atoms with Crippen molar-refractivity contribution in [2.24, 2.45) is 34.5 Å². The van der Waals surface area contributed by atoms with E-state index in [1.165, 1.54) is 24.3 Å². The highest BCUT2D eigenvalue weighted by molar-refractivity contribution is 9.28. The zero-order chi connectivity index (χ0) is 56.0. The van der Waals surface area contributed by atoms with Gasteiger partial charge in [0.15, 0.2) is 0 Å². The summed E-state index contributed by atoms with van der Waals surface area (Å²) in [6.07, 6.45) is 1.58. The summed E-state index contributed by atoms with van der Waals surface area (Å²) in [5, 5.41) is 23.7. The molecule has 6 atom stereocenters. The van der Waals surface area contributed by atoms with E-state index in [0.29, 0.717) is 44.8 Å². The molecule has 0 saturated heterocycles. The molecule has 6 aromatic carbocycles. The molecule has 0 bridgehead atoms. The molecule has 404 valence electrons. The summed E-state index contributed by atoms with van der Waals surface area (Å²) >= 11 is 23.8. The molecule has 6 aromatic rings. The van der Waals surface area contributed by atoms with E-state index in [9.17, 15) is 38.5 Å². The number of carbonyl (C=O) groups is 4. The number of halogens is 7. The van der Waals surface area contributed by atoms with Crippen molar-refractivity contribution in [2.45, 2.75) is 39.9 Å². The third-order valence-corrected chi connectivity index (χ3v) is 13.5. The molecule has 2 N–H and O–H groups in total. The number of hydrogen-bond donors (Lipinski definition) is 2. The van der Waals surface area contributed by atoms with Gasteiger partial charge in [-0.2, -0.15) is 24.0 Å². The lowest BCUT2D eigenvalue weighted by atomic mass is 10.1. The van der Waals surface area contributed by atoms with Crippen molar-refractivity contribution in [2.75, 3.05) is 5.32 Å². The van der Waals surface area contributed by atoms with Crippen LogP contribution in [0.5, 0.6) is 23.0 Å². The van der Waals surface area contributed by atoms with Crippen molar-refractivity contribution in [1.29, 1.82) is 10.5 Å². The summed E-state index contributed by atoms with van der Waals surface area (Å²) in [6.45, 7) is 7.90. The molecular formula is C58H49Br2Cl3F2N4O8S. The van der Waals surface area contributed by atoms with Gasteiger partial charge in [0, 0.05) is 21.8 Å². The van der Waals surface area contributed by atoms with Crippen LogP contribution in [0.1, 0.15) is 61.4 Å². The van der Waals surface area contributed by atoms with Crippen molar-refractivity contribution >= 4 is 110 Å². The Hall–Kier alpha value is -6.70. The third-order valence-electron chi connectivity index (χ3n) is 12.4. The first-order valence-electron chi connectivity index (χ1n) is 23.4. The van der Waals surface area contributed by atoms with Crippen molar-refractivity contribution in [1.82, 2.24) is 5.32 Å². The topological polar surface area (TPSA) is 177 Å². The van der Waals surface area contributed by atoms with E-state index in [1.807, 2.05) is 106 Å². The third kappa shape index (κ3) is 17.1. The minimum Gasteiger partial charge on any atom is -0.457 e. The van der Waals surface area contributed by atoms with Gasteiger partial charge in [0.1, 0.15) is 56.8 Å². The number of ether oxygens (including phenoxy) is 4. The Bertz CT molecular complexity index is 3070. The second-order valence-corrected chi connectivity index (χ2v) is 22.7. The van der Waals surface area contributed by atoms with Crippen molar-refractivity contribution in [3.63, 3.8) is 0 Å². The first-order valence-corrected chi connectivity index (χ1v) is 26.1. The standard InChI is InChI=1S/C22H19Br2NO3.C22H19Cl2NO3.C14H9ClF2N2O2.H2S/c2*1-22(2)17(12-19(23)24)20(22)21(26)28-18(13-25)14-7-6-10-16(11-14)27-15-8-4-3-5-9-15;15-8-4-6-9(7-5-8)18-14(21)19-13(20)12-10(16)2-1-3-11(12)17;/h2*3-12,17-18,20H,1-2H3;1-7H,(H2,18,19,20,21);1H2/t17-,18+,20-;;;/m0.../s1. The number of nitrogens with zero attached hydrogens (tertiary/aromatic N) is 2. The van der Waals surface area contributed by atoms with Gasteiger partial charge in [0.25, 0.3) is 5.91 Å². The summed E-state index contributed by atoms with van der Waals surface area (Å²) in [6, 6.07) is 44.9. The molecule has 20 heteroatoms. The first-order chi connectivity index (χ1) is 36.6. The van der Waals surface area contributed by atoms with Crippen LogP contribution >= 0.6 is 80.2 Å². The fourth-order valence-corrected chi connectivity index (χ4v) is 9.14. The summed E-state index contributed by atoms with van der Waals surface area (Å²) < 4.78 is 50.3. The molecule has 12 nitrogen and oxygen atoms in total. The molecule has 8 rings (SSSR count). The van der Waals surface area contributed by atoms with E-state index in [-0.39, 0.29) is 58.5 Å². The van der Waals surface area contributed by atoms with E-state index < -0.39 is 47.3 Å². The smallest absolute Gasteiger partial charge is 0.326 e. The minimum absolute atomic E-state index is 0. The molecule has 0 radical (unpaired) electrons. The Kier molecular flexibility index (Phi) is 22.5. The molecule has 2 aliphatic carbocycles. The van der Waals surface area contributed by atoms with Crippen LogP contribution in [0.4, 0.5) is 19.3 Å². The monoisotopic (exact) mass is 1260 g/mol. The van der Waals surface area contributed by atoms with Crippen molar-refractivity contribution in [3.8, 4) is 35.1 Å². The second kappa shape index (κ2) is 28.3. The lowest BCUT2D eigenvalue weighted by molar-refractivity contribution is -0.150. The number of allylic oxidation sites excluding steroid dienone is 2. The summed E-state index contributed by atoms with van der Waals surface area (Å²) in [7, 11) is 0. The van der Waals surface area contributed by atoms with E-state index in [2.05, 4.69) is 43.2 Å². The van der Waals surface area contributed by atoms with E-state index in [1.54, 1.807) is 54.6 Å². The molecule has 78 heavy (non-hydrogen) atoms. The summed E-state index contributed by atoms with van der Waals surface area (Å²) in [5.41, 5.74) is 0.163. The highest BCUT2D eigenvalue weighted by Gasteiger charge is 2.63. The number of rotatable bonds is 14. The number of urea groups is 1. The number of esters is 2. The predicted molar refractivity (Wildman–Crippen MR) is 307 cm³/mol. The van der Waals surface area contributed by atoms with Gasteiger partial charge >= 0.3 is 18.0 Å². The second-order valence-electron chi connectivity index (χ2n) is 18.4. The number of nitrogens with one attached hydrogen (secondary N) is 2. The molecule has 0 heterocycles. The van der Waals surface area contributed by atoms with E-state index in [4.69, 9.17) is 53.8 Å². The maximum absolute atomic E-state index is 13.4. The number of amides is 3. The highest BCUT2D eigenvalue weighted by Crippen LogP contribution is 2.61. The number of carbonyl (C=O) groups excluding carboxylic acids is 4. The number of imide groups is 1. The van der Waals surface area contributed by atoms with Gasteiger partial charge in [0.05, 0.1) is 15.2 Å². The number of nitriles is 2. The molecule has 2 saturated carbocycles. The molecule has 2 aliphatic rings. The number of anilines is 1. The Morgan fingerprint density at radius 3 is 1.44 bits per heavy atom. The van der Waals surface area contributed by atoms with Crippen molar-refractivity contribution in [3.05, 3.63) is 205 Å². The lowest BCUT2D eigenvalue weighted by Crippen LogP contribution is -2.35. The van der Waals surface area contributed by atoms with Crippen LogP contribution in [0, 0.1) is 68.8 Å². The van der Waals surface area contributed by atoms with Crippen molar-refractivity contribution < 1.29 is 46.9 Å².